The Kier molecular flexibility index (Phi) is 5.59. The standard InChI is InChI=1S/C27H29FN6O/c1-18-7-12-23-22(17-18)25-31-30-24(19-5-3-2-4-6-19)34(25)27(29-23)33-15-13-32(14-16-33)26(35)20-8-10-21(28)11-9-20/h7-12,17,19H,2-6,13-16H2,1H3. The van der Waals surface area contributed by atoms with Crippen LogP contribution < -0.4 is 4.90 Å². The zero-order chi connectivity index (χ0) is 23.9. The maximum Gasteiger partial charge on any atom is 0.253 e. The number of amides is 1. The van der Waals surface area contributed by atoms with E-state index in [-0.39, 0.29) is 11.7 Å². The minimum atomic E-state index is -0.337. The van der Waals surface area contributed by atoms with Crippen LogP contribution in [-0.2, 0) is 0 Å². The lowest BCUT2D eigenvalue weighted by Crippen LogP contribution is -2.49. The second kappa shape index (κ2) is 8.91. The maximum absolute atomic E-state index is 13.3. The lowest BCUT2D eigenvalue weighted by molar-refractivity contribution is 0.0746. The summed E-state index contributed by atoms with van der Waals surface area (Å²) in [6.45, 7) is 4.56. The van der Waals surface area contributed by atoms with Crippen molar-refractivity contribution >= 4 is 28.4 Å². The molecule has 0 bridgehead atoms. The number of carbonyl (C=O) groups is 1. The lowest BCUT2D eigenvalue weighted by atomic mass is 9.89. The average Bonchev–Trinajstić information content (AvgIpc) is 3.35. The third kappa shape index (κ3) is 4.00. The summed E-state index contributed by atoms with van der Waals surface area (Å²) in [5.41, 5.74) is 3.45. The van der Waals surface area contributed by atoms with Gasteiger partial charge in [-0.3, -0.25) is 4.79 Å². The van der Waals surface area contributed by atoms with Gasteiger partial charge < -0.3 is 9.80 Å². The van der Waals surface area contributed by atoms with Crippen LogP contribution in [0.4, 0.5) is 10.3 Å². The number of rotatable bonds is 3. The first-order valence-electron chi connectivity index (χ1n) is 12.5. The Bertz CT molecular complexity index is 1380. The van der Waals surface area contributed by atoms with Gasteiger partial charge in [0, 0.05) is 43.0 Å². The summed E-state index contributed by atoms with van der Waals surface area (Å²) in [4.78, 5) is 22.1. The van der Waals surface area contributed by atoms with Crippen LogP contribution in [0.3, 0.4) is 0 Å². The second-order valence-electron chi connectivity index (χ2n) is 9.77. The largest absolute Gasteiger partial charge is 0.338 e. The minimum absolute atomic E-state index is 0.0658. The Labute approximate surface area is 203 Å². The van der Waals surface area contributed by atoms with Crippen molar-refractivity contribution in [2.24, 2.45) is 0 Å². The number of halogens is 1. The fourth-order valence-electron chi connectivity index (χ4n) is 5.47. The van der Waals surface area contributed by atoms with Crippen LogP contribution in [0, 0.1) is 12.7 Å². The Morgan fingerprint density at radius 2 is 1.69 bits per heavy atom. The molecule has 1 aliphatic heterocycles. The van der Waals surface area contributed by atoms with Crippen molar-refractivity contribution in [3.05, 3.63) is 65.2 Å². The van der Waals surface area contributed by atoms with Crippen LogP contribution >= 0.6 is 0 Å². The molecule has 0 spiro atoms. The van der Waals surface area contributed by atoms with Gasteiger partial charge in [-0.1, -0.05) is 30.9 Å². The smallest absolute Gasteiger partial charge is 0.253 e. The molecule has 0 N–H and O–H groups in total. The molecule has 2 aromatic carbocycles. The number of fused-ring (bicyclic) bond motifs is 3. The molecule has 2 fully saturated rings. The van der Waals surface area contributed by atoms with Gasteiger partial charge in [0.25, 0.3) is 5.91 Å². The summed E-state index contributed by atoms with van der Waals surface area (Å²) in [7, 11) is 0. The van der Waals surface area contributed by atoms with Crippen molar-refractivity contribution < 1.29 is 9.18 Å². The lowest BCUT2D eigenvalue weighted by Gasteiger charge is -2.36. The molecule has 1 saturated carbocycles. The number of aryl methyl sites for hydroxylation is 1. The predicted octanol–water partition coefficient (Wildman–Crippen LogP) is 4.74. The van der Waals surface area contributed by atoms with Gasteiger partial charge in [0.15, 0.2) is 5.65 Å². The van der Waals surface area contributed by atoms with Gasteiger partial charge in [-0.15, -0.1) is 10.2 Å². The molecule has 180 valence electrons. The first kappa shape index (κ1) is 21.9. The van der Waals surface area contributed by atoms with E-state index in [0.29, 0.717) is 37.7 Å². The number of hydrogen-bond donors (Lipinski definition) is 0. The van der Waals surface area contributed by atoms with Crippen molar-refractivity contribution in [2.75, 3.05) is 31.1 Å². The molecule has 2 aliphatic rings. The van der Waals surface area contributed by atoms with Gasteiger partial charge in [0.2, 0.25) is 5.95 Å². The molecule has 0 atom stereocenters. The number of hydrogen-bond acceptors (Lipinski definition) is 5. The Hall–Kier alpha value is -3.55. The van der Waals surface area contributed by atoms with E-state index >= 15 is 0 Å². The number of nitrogens with zero attached hydrogens (tertiary/aromatic N) is 6. The first-order valence-corrected chi connectivity index (χ1v) is 12.5. The molecule has 1 aliphatic carbocycles. The van der Waals surface area contributed by atoms with E-state index in [1.807, 2.05) is 4.90 Å². The molecule has 8 heteroatoms. The summed E-state index contributed by atoms with van der Waals surface area (Å²) in [5, 5.41) is 10.4. The molecule has 0 unspecified atom stereocenters. The number of benzene rings is 2. The van der Waals surface area contributed by atoms with Crippen LogP contribution in [0.25, 0.3) is 16.6 Å². The summed E-state index contributed by atoms with van der Waals surface area (Å²) in [5.74, 6) is 1.86. The van der Waals surface area contributed by atoms with Gasteiger partial charge in [-0.25, -0.2) is 13.8 Å². The summed E-state index contributed by atoms with van der Waals surface area (Å²) in [6.07, 6.45) is 5.99. The molecular formula is C27H29FN6O. The molecule has 3 heterocycles. The fraction of sp³-hybridized carbons (Fsp3) is 0.407. The van der Waals surface area contributed by atoms with Gasteiger partial charge in [-0.2, -0.15) is 0 Å². The number of carbonyl (C=O) groups excluding carboxylic acids is 1. The molecule has 4 aromatic rings. The van der Waals surface area contributed by atoms with Crippen molar-refractivity contribution in [2.45, 2.75) is 44.9 Å². The topological polar surface area (TPSA) is 66.6 Å². The zero-order valence-electron chi connectivity index (χ0n) is 20.0. The molecule has 1 amide bonds. The Morgan fingerprint density at radius 1 is 0.943 bits per heavy atom. The fourth-order valence-corrected chi connectivity index (χ4v) is 5.47. The van der Waals surface area contributed by atoms with Crippen molar-refractivity contribution in [3.63, 3.8) is 0 Å². The van der Waals surface area contributed by atoms with Gasteiger partial charge in [-0.05, 0) is 56.2 Å². The van der Waals surface area contributed by atoms with E-state index in [1.54, 1.807) is 12.1 Å². The molecule has 35 heavy (non-hydrogen) atoms. The number of aromatic nitrogens is 4. The number of anilines is 1. The Morgan fingerprint density at radius 3 is 2.43 bits per heavy atom. The summed E-state index contributed by atoms with van der Waals surface area (Å²) < 4.78 is 15.5. The molecule has 6 rings (SSSR count). The Balaban J connectivity index is 1.35. The molecular weight excluding hydrogens is 443 g/mol. The summed E-state index contributed by atoms with van der Waals surface area (Å²) in [6, 6.07) is 12.0. The highest BCUT2D eigenvalue weighted by molar-refractivity contribution is 5.95. The van der Waals surface area contributed by atoms with Crippen LogP contribution in [0.1, 0.15) is 59.8 Å². The average molecular weight is 473 g/mol. The predicted molar refractivity (Wildman–Crippen MR) is 133 cm³/mol. The maximum atomic E-state index is 13.3. The van der Waals surface area contributed by atoms with Crippen LogP contribution in [-0.4, -0.2) is 56.6 Å². The second-order valence-corrected chi connectivity index (χ2v) is 9.77. The van der Waals surface area contributed by atoms with Crippen LogP contribution in [0.2, 0.25) is 0 Å². The molecule has 0 radical (unpaired) electrons. The van der Waals surface area contributed by atoms with Gasteiger partial charge >= 0.3 is 0 Å². The molecule has 2 aromatic heterocycles. The normalized spacial score (nSPS) is 17.4. The van der Waals surface area contributed by atoms with Crippen LogP contribution in [0.5, 0.6) is 0 Å². The first-order chi connectivity index (χ1) is 17.1. The third-order valence-corrected chi connectivity index (χ3v) is 7.41. The van der Waals surface area contributed by atoms with E-state index in [4.69, 9.17) is 10.1 Å². The highest BCUT2D eigenvalue weighted by atomic mass is 19.1. The van der Waals surface area contributed by atoms with Crippen molar-refractivity contribution in [3.8, 4) is 0 Å². The van der Waals surface area contributed by atoms with E-state index in [9.17, 15) is 9.18 Å². The zero-order valence-corrected chi connectivity index (χ0v) is 20.0. The van der Waals surface area contributed by atoms with E-state index in [2.05, 4.69) is 39.5 Å². The minimum Gasteiger partial charge on any atom is -0.338 e. The van der Waals surface area contributed by atoms with Crippen molar-refractivity contribution in [1.82, 2.24) is 24.5 Å². The van der Waals surface area contributed by atoms with Crippen molar-refractivity contribution in [1.29, 1.82) is 0 Å². The van der Waals surface area contributed by atoms with Gasteiger partial charge in [0.05, 0.1) is 5.52 Å². The highest BCUT2D eigenvalue weighted by Gasteiger charge is 2.28. The quantitative estimate of drug-likeness (QED) is 0.431. The summed E-state index contributed by atoms with van der Waals surface area (Å²) >= 11 is 0. The van der Waals surface area contributed by atoms with Crippen LogP contribution in [0.15, 0.2) is 42.5 Å². The van der Waals surface area contributed by atoms with Gasteiger partial charge in [0.1, 0.15) is 11.6 Å². The highest BCUT2D eigenvalue weighted by Crippen LogP contribution is 2.35. The monoisotopic (exact) mass is 472 g/mol. The third-order valence-electron chi connectivity index (χ3n) is 7.41. The SMILES string of the molecule is Cc1ccc2nc(N3CCN(C(=O)c4ccc(F)cc4)CC3)n3c(C4CCCCC4)nnc3c2c1. The molecule has 7 nitrogen and oxygen atoms in total. The molecule has 1 saturated heterocycles. The van der Waals surface area contributed by atoms with E-state index in [1.165, 1.54) is 37.0 Å². The number of piperazine rings is 1. The van der Waals surface area contributed by atoms with E-state index in [0.717, 1.165) is 41.2 Å². The van der Waals surface area contributed by atoms with E-state index < -0.39 is 0 Å².